The predicted molar refractivity (Wildman–Crippen MR) is 128 cm³/mol. The average Bonchev–Trinajstić information content (AvgIpc) is 3.40. The Labute approximate surface area is 198 Å². The van der Waals surface area contributed by atoms with Crippen LogP contribution in [0.15, 0.2) is 70.9 Å². The lowest BCUT2D eigenvalue weighted by molar-refractivity contribution is -0.140. The van der Waals surface area contributed by atoms with E-state index in [9.17, 15) is 19.1 Å². The number of amides is 1. The summed E-state index contributed by atoms with van der Waals surface area (Å²) in [7, 11) is 0. The van der Waals surface area contributed by atoms with Crippen molar-refractivity contribution in [1.29, 1.82) is 0 Å². The summed E-state index contributed by atoms with van der Waals surface area (Å²) in [6, 6.07) is 14.3. The Balaban J connectivity index is 1.78. The van der Waals surface area contributed by atoms with Gasteiger partial charge in [-0.05, 0) is 65.8 Å². The van der Waals surface area contributed by atoms with Crippen molar-refractivity contribution in [2.75, 3.05) is 6.54 Å². The summed E-state index contributed by atoms with van der Waals surface area (Å²) in [5.41, 5.74) is 2.98. The van der Waals surface area contributed by atoms with E-state index in [0.717, 1.165) is 16.7 Å². The molecule has 1 saturated heterocycles. The highest BCUT2D eigenvalue weighted by molar-refractivity contribution is 6.46. The van der Waals surface area contributed by atoms with E-state index in [1.807, 2.05) is 25.1 Å². The molecular weight excluding hydrogens is 433 g/mol. The van der Waals surface area contributed by atoms with Crippen molar-refractivity contribution < 1.29 is 23.5 Å². The number of hydrogen-bond acceptors (Lipinski definition) is 4. The number of ketones is 1. The molecule has 34 heavy (non-hydrogen) atoms. The number of halogens is 1. The summed E-state index contributed by atoms with van der Waals surface area (Å²) in [6.07, 6.45) is 1.89. The van der Waals surface area contributed by atoms with Crippen LogP contribution in [0.4, 0.5) is 4.39 Å². The molecule has 6 heteroatoms. The number of carbonyl (C=O) groups is 2. The van der Waals surface area contributed by atoms with Crippen LogP contribution in [0.3, 0.4) is 0 Å². The maximum Gasteiger partial charge on any atom is 0.295 e. The molecule has 1 aliphatic rings. The normalized spacial score (nSPS) is 18.0. The smallest absolute Gasteiger partial charge is 0.295 e. The Kier molecular flexibility index (Phi) is 6.17. The zero-order chi connectivity index (χ0) is 24.6. The first kappa shape index (κ1) is 23.5. The third kappa shape index (κ3) is 4.40. The number of nitrogens with zero attached hydrogens (tertiary/aromatic N) is 1. The fourth-order valence-corrected chi connectivity index (χ4v) is 4.24. The van der Waals surface area contributed by atoms with Crippen LogP contribution in [0, 0.1) is 12.7 Å². The maximum absolute atomic E-state index is 13.3. The number of benzene rings is 2. The van der Waals surface area contributed by atoms with Crippen molar-refractivity contribution in [1.82, 2.24) is 4.90 Å². The largest absolute Gasteiger partial charge is 0.507 e. The fourth-order valence-electron chi connectivity index (χ4n) is 4.24. The molecule has 3 aromatic rings. The van der Waals surface area contributed by atoms with Crippen LogP contribution < -0.4 is 0 Å². The van der Waals surface area contributed by atoms with Gasteiger partial charge in [0.05, 0.1) is 11.8 Å². The van der Waals surface area contributed by atoms with Crippen LogP contribution in [0.1, 0.15) is 54.8 Å². The Bertz CT molecular complexity index is 1250. The molecule has 1 unspecified atom stereocenters. The summed E-state index contributed by atoms with van der Waals surface area (Å²) >= 11 is 0. The van der Waals surface area contributed by atoms with E-state index in [2.05, 4.69) is 20.8 Å². The van der Waals surface area contributed by atoms with E-state index in [1.165, 1.54) is 23.3 Å². The number of Topliss-reactive ketones (excluding diaryl/α,β-unsaturated/α-hetero) is 1. The molecule has 1 amide bonds. The first-order valence-corrected chi connectivity index (χ1v) is 11.3. The number of aliphatic hydroxyl groups is 1. The van der Waals surface area contributed by atoms with Gasteiger partial charge in [-0.2, -0.15) is 0 Å². The minimum atomic E-state index is -0.854. The first-order valence-electron chi connectivity index (χ1n) is 11.3. The fraction of sp³-hybridized carbons (Fsp3) is 0.286. The van der Waals surface area contributed by atoms with Crippen LogP contribution in [0.25, 0.3) is 5.76 Å². The van der Waals surface area contributed by atoms with E-state index in [1.54, 1.807) is 24.3 Å². The van der Waals surface area contributed by atoms with Gasteiger partial charge in [-0.25, -0.2) is 4.39 Å². The molecule has 0 aliphatic carbocycles. The Morgan fingerprint density at radius 2 is 1.79 bits per heavy atom. The van der Waals surface area contributed by atoms with Gasteiger partial charge >= 0.3 is 0 Å². The minimum absolute atomic E-state index is 0.00761. The summed E-state index contributed by atoms with van der Waals surface area (Å²) in [5, 5.41) is 11.4. The third-order valence-electron chi connectivity index (χ3n) is 6.27. The molecule has 2 aromatic carbocycles. The van der Waals surface area contributed by atoms with E-state index >= 15 is 0 Å². The van der Waals surface area contributed by atoms with E-state index in [4.69, 9.17) is 4.42 Å². The molecule has 0 saturated carbocycles. The number of likely N-dealkylation sites (tertiary alicyclic amines) is 1. The summed E-state index contributed by atoms with van der Waals surface area (Å²) in [6.45, 7) is 8.27. The van der Waals surface area contributed by atoms with E-state index < -0.39 is 17.7 Å². The van der Waals surface area contributed by atoms with Crippen molar-refractivity contribution in [3.8, 4) is 0 Å². The molecule has 0 radical (unpaired) electrons. The summed E-state index contributed by atoms with van der Waals surface area (Å²) < 4.78 is 18.9. The summed E-state index contributed by atoms with van der Waals surface area (Å²) in [4.78, 5) is 27.7. The Hall–Kier alpha value is -3.67. The van der Waals surface area contributed by atoms with Crippen molar-refractivity contribution in [2.45, 2.75) is 45.6 Å². The number of aryl methyl sites for hydroxylation is 1. The van der Waals surface area contributed by atoms with Crippen molar-refractivity contribution in [2.24, 2.45) is 0 Å². The van der Waals surface area contributed by atoms with Gasteiger partial charge in [-0.1, -0.05) is 45.0 Å². The zero-order valence-corrected chi connectivity index (χ0v) is 19.8. The van der Waals surface area contributed by atoms with Crippen molar-refractivity contribution >= 4 is 17.4 Å². The van der Waals surface area contributed by atoms with E-state index in [0.29, 0.717) is 17.7 Å². The lowest BCUT2D eigenvalue weighted by Gasteiger charge is -2.24. The standard InChI is InChI=1S/C28H28FNO4/c1-17-7-10-19(28(2,3)4)16-21(17)25(31)23-24(22-6-5-15-34-22)30(27(33)26(23)32)14-13-18-8-11-20(29)12-9-18/h5-12,15-16,24,31H,13-14H2,1-4H3/b25-23+. The molecule has 5 nitrogen and oxygen atoms in total. The number of aliphatic hydroxyl groups excluding tert-OH is 1. The lowest BCUT2D eigenvalue weighted by Crippen LogP contribution is -2.31. The van der Waals surface area contributed by atoms with Gasteiger partial charge in [0.1, 0.15) is 23.4 Å². The maximum atomic E-state index is 13.3. The van der Waals surface area contributed by atoms with Crippen molar-refractivity contribution in [3.63, 3.8) is 0 Å². The highest BCUT2D eigenvalue weighted by Gasteiger charge is 2.47. The van der Waals surface area contributed by atoms with Gasteiger partial charge in [0.25, 0.3) is 11.7 Å². The molecule has 1 aromatic heterocycles. The second-order valence-corrected chi connectivity index (χ2v) is 9.66. The Morgan fingerprint density at radius 3 is 2.41 bits per heavy atom. The average molecular weight is 462 g/mol. The lowest BCUT2D eigenvalue weighted by atomic mass is 9.84. The number of hydrogen-bond donors (Lipinski definition) is 1. The molecule has 1 N–H and O–H groups in total. The summed E-state index contributed by atoms with van der Waals surface area (Å²) in [5.74, 6) is -1.61. The van der Waals surface area contributed by atoms with Crippen LogP contribution in [0.5, 0.6) is 0 Å². The van der Waals surface area contributed by atoms with Crippen LogP contribution in [-0.4, -0.2) is 28.2 Å². The third-order valence-corrected chi connectivity index (χ3v) is 6.27. The molecule has 0 bridgehead atoms. The molecule has 2 heterocycles. The molecule has 0 spiro atoms. The van der Waals surface area contributed by atoms with Gasteiger partial charge in [0.2, 0.25) is 0 Å². The predicted octanol–water partition coefficient (Wildman–Crippen LogP) is 5.69. The van der Waals surface area contributed by atoms with Gasteiger partial charge in [-0.15, -0.1) is 0 Å². The molecule has 4 rings (SSSR count). The van der Waals surface area contributed by atoms with Crippen LogP contribution >= 0.6 is 0 Å². The molecule has 1 aliphatic heterocycles. The van der Waals surface area contributed by atoms with Crippen molar-refractivity contribution in [3.05, 3.63) is 100 Å². The quantitative estimate of drug-likeness (QED) is 0.301. The highest BCUT2D eigenvalue weighted by atomic mass is 19.1. The molecule has 1 atom stereocenters. The molecule has 1 fully saturated rings. The first-order chi connectivity index (χ1) is 16.1. The van der Waals surface area contributed by atoms with E-state index in [-0.39, 0.29) is 29.1 Å². The van der Waals surface area contributed by atoms with Gasteiger partial charge < -0.3 is 14.4 Å². The number of rotatable bonds is 5. The second-order valence-electron chi connectivity index (χ2n) is 9.66. The van der Waals surface area contributed by atoms with Crippen LogP contribution in [0.2, 0.25) is 0 Å². The van der Waals surface area contributed by atoms with Gasteiger partial charge in [0.15, 0.2) is 0 Å². The molecule has 176 valence electrons. The number of furan rings is 1. The SMILES string of the molecule is Cc1ccc(C(C)(C)C)cc1/C(O)=C1\C(=O)C(=O)N(CCc2ccc(F)cc2)C1c1ccco1. The minimum Gasteiger partial charge on any atom is -0.507 e. The van der Waals surface area contributed by atoms with Crippen LogP contribution in [-0.2, 0) is 21.4 Å². The monoisotopic (exact) mass is 461 g/mol. The zero-order valence-electron chi connectivity index (χ0n) is 19.8. The van der Waals surface area contributed by atoms with Gasteiger partial charge in [0, 0.05) is 12.1 Å². The number of carbonyl (C=O) groups excluding carboxylic acids is 2. The van der Waals surface area contributed by atoms with Gasteiger partial charge in [-0.3, -0.25) is 9.59 Å². The highest BCUT2D eigenvalue weighted by Crippen LogP contribution is 2.40. The second kappa shape index (κ2) is 8.93. The molecular formula is C28H28FNO4. The topological polar surface area (TPSA) is 70.8 Å². The Morgan fingerprint density at radius 1 is 1.09 bits per heavy atom.